The topological polar surface area (TPSA) is 30.7 Å². The zero-order valence-corrected chi connectivity index (χ0v) is 16.7. The van der Waals surface area contributed by atoms with Crippen molar-refractivity contribution in [3.8, 4) is 0 Å². The highest BCUT2D eigenvalue weighted by Crippen LogP contribution is 2.27. The van der Waals surface area contributed by atoms with E-state index in [2.05, 4.69) is 58.9 Å². The first-order chi connectivity index (χ1) is 12.2. The average molecular weight is 390 g/mol. The first-order valence-corrected chi connectivity index (χ1v) is 10.5. The maximum atomic E-state index is 6.05. The van der Waals surface area contributed by atoms with Gasteiger partial charge in [0.1, 0.15) is 5.82 Å². The molecule has 1 aromatic heterocycles. The van der Waals surface area contributed by atoms with Gasteiger partial charge in [-0.15, -0.1) is 22.0 Å². The normalized spacial score (nSPS) is 11.0. The number of halogens is 1. The van der Waals surface area contributed by atoms with E-state index in [9.17, 15) is 0 Å². The van der Waals surface area contributed by atoms with E-state index >= 15 is 0 Å². The summed E-state index contributed by atoms with van der Waals surface area (Å²) >= 11 is 9.54. The van der Waals surface area contributed by atoms with Crippen molar-refractivity contribution in [3.05, 3.63) is 70.5 Å². The van der Waals surface area contributed by atoms with E-state index in [4.69, 9.17) is 11.6 Å². The maximum Gasteiger partial charge on any atom is 0.191 e. The number of thioether (sulfide) groups is 2. The Morgan fingerprint density at radius 3 is 2.52 bits per heavy atom. The molecule has 0 aliphatic heterocycles. The van der Waals surface area contributed by atoms with Crippen LogP contribution in [0, 0.1) is 6.92 Å². The van der Waals surface area contributed by atoms with Gasteiger partial charge in [-0.05, 0) is 43.7 Å². The lowest BCUT2D eigenvalue weighted by Gasteiger charge is -2.07. The Balaban J connectivity index is 1.64. The van der Waals surface area contributed by atoms with Crippen molar-refractivity contribution in [2.45, 2.75) is 41.9 Å². The molecule has 0 amide bonds. The summed E-state index contributed by atoms with van der Waals surface area (Å²) in [6.45, 7) is 5.10. The van der Waals surface area contributed by atoms with Crippen LogP contribution in [0.15, 0.2) is 58.6 Å². The maximum absolute atomic E-state index is 6.05. The predicted octanol–water partition coefficient (Wildman–Crippen LogP) is 5.84. The molecule has 0 bridgehead atoms. The van der Waals surface area contributed by atoms with Crippen LogP contribution in [0.4, 0.5) is 0 Å². The largest absolute Gasteiger partial charge is 0.306 e. The second-order valence-electron chi connectivity index (χ2n) is 5.66. The zero-order chi connectivity index (χ0) is 17.6. The van der Waals surface area contributed by atoms with Crippen molar-refractivity contribution in [1.82, 2.24) is 14.8 Å². The van der Waals surface area contributed by atoms with Crippen molar-refractivity contribution in [1.29, 1.82) is 0 Å². The monoisotopic (exact) mass is 389 g/mol. The van der Waals surface area contributed by atoms with Crippen LogP contribution in [0.2, 0.25) is 5.02 Å². The molecule has 0 atom stereocenters. The molecule has 0 fully saturated rings. The molecule has 0 aliphatic rings. The van der Waals surface area contributed by atoms with E-state index in [0.29, 0.717) is 0 Å². The molecule has 25 heavy (non-hydrogen) atoms. The van der Waals surface area contributed by atoms with E-state index in [-0.39, 0.29) is 0 Å². The number of nitrogens with zero attached hydrogens (tertiary/aromatic N) is 3. The first kappa shape index (κ1) is 18.4. The van der Waals surface area contributed by atoms with Crippen molar-refractivity contribution in [2.75, 3.05) is 0 Å². The van der Waals surface area contributed by atoms with Crippen molar-refractivity contribution >= 4 is 35.1 Å². The quantitative estimate of drug-likeness (QED) is 0.474. The van der Waals surface area contributed by atoms with Gasteiger partial charge in [-0.3, -0.25) is 0 Å². The molecule has 0 saturated heterocycles. The minimum absolute atomic E-state index is 0.769. The van der Waals surface area contributed by atoms with Crippen molar-refractivity contribution in [2.24, 2.45) is 0 Å². The van der Waals surface area contributed by atoms with Gasteiger partial charge in [0.25, 0.3) is 0 Å². The molecule has 0 N–H and O–H groups in total. The fourth-order valence-corrected chi connectivity index (χ4v) is 4.42. The summed E-state index contributed by atoms with van der Waals surface area (Å²) in [6.07, 6.45) is 0. The second-order valence-corrected chi connectivity index (χ2v) is 8.09. The van der Waals surface area contributed by atoms with E-state index in [1.807, 2.05) is 18.2 Å². The molecular formula is C19H20ClN3S2. The highest BCUT2D eigenvalue weighted by molar-refractivity contribution is 7.98. The minimum atomic E-state index is 0.769. The molecule has 0 aliphatic carbocycles. The van der Waals surface area contributed by atoms with E-state index in [0.717, 1.165) is 34.1 Å². The van der Waals surface area contributed by atoms with Crippen LogP contribution in [-0.2, 0) is 18.1 Å². The Kier molecular flexibility index (Phi) is 6.45. The molecule has 6 heteroatoms. The Morgan fingerprint density at radius 1 is 1.00 bits per heavy atom. The van der Waals surface area contributed by atoms with E-state index < -0.39 is 0 Å². The number of hydrogen-bond donors (Lipinski definition) is 0. The van der Waals surface area contributed by atoms with Crippen LogP contribution in [0.1, 0.15) is 23.9 Å². The molecule has 0 spiro atoms. The number of rotatable bonds is 7. The van der Waals surface area contributed by atoms with Crippen molar-refractivity contribution < 1.29 is 0 Å². The minimum Gasteiger partial charge on any atom is -0.306 e. The molecule has 3 nitrogen and oxygen atoms in total. The van der Waals surface area contributed by atoms with Crippen LogP contribution in [0.5, 0.6) is 0 Å². The third-order valence-corrected chi connectivity index (χ3v) is 6.04. The summed E-state index contributed by atoms with van der Waals surface area (Å²) < 4.78 is 2.19. The Hall–Kier alpha value is -1.43. The van der Waals surface area contributed by atoms with Gasteiger partial charge in [0.15, 0.2) is 5.16 Å². The summed E-state index contributed by atoms with van der Waals surface area (Å²) in [4.78, 5) is 1.25. The molecule has 0 saturated carbocycles. The third kappa shape index (κ3) is 5.03. The lowest BCUT2D eigenvalue weighted by molar-refractivity contribution is 0.659. The Labute approximate surface area is 162 Å². The fourth-order valence-electron chi connectivity index (χ4n) is 2.41. The van der Waals surface area contributed by atoms with Crippen molar-refractivity contribution in [3.63, 3.8) is 0 Å². The second kappa shape index (κ2) is 8.79. The van der Waals surface area contributed by atoms with Crippen LogP contribution in [-0.4, -0.2) is 14.8 Å². The summed E-state index contributed by atoms with van der Waals surface area (Å²) in [7, 11) is 0. The van der Waals surface area contributed by atoms with Gasteiger partial charge in [0.2, 0.25) is 0 Å². The van der Waals surface area contributed by atoms with Gasteiger partial charge in [0.05, 0.1) is 5.75 Å². The highest BCUT2D eigenvalue weighted by atomic mass is 35.5. The van der Waals surface area contributed by atoms with E-state index in [1.54, 1.807) is 23.5 Å². The fraction of sp³-hybridized carbons (Fsp3) is 0.263. The lowest BCUT2D eigenvalue weighted by atomic mass is 10.2. The number of aromatic nitrogens is 3. The predicted molar refractivity (Wildman–Crippen MR) is 107 cm³/mol. The van der Waals surface area contributed by atoms with Crippen LogP contribution in [0.3, 0.4) is 0 Å². The Bertz CT molecular complexity index is 831. The molecule has 1 heterocycles. The van der Waals surface area contributed by atoms with Gasteiger partial charge < -0.3 is 4.57 Å². The molecule has 0 unspecified atom stereocenters. The first-order valence-electron chi connectivity index (χ1n) is 8.14. The van der Waals surface area contributed by atoms with Gasteiger partial charge in [-0.2, -0.15) is 0 Å². The number of hydrogen-bond acceptors (Lipinski definition) is 4. The lowest BCUT2D eigenvalue weighted by Crippen LogP contribution is -2.02. The average Bonchev–Trinajstić information content (AvgIpc) is 3.01. The molecule has 3 rings (SSSR count). The van der Waals surface area contributed by atoms with Crippen LogP contribution < -0.4 is 0 Å². The third-order valence-electron chi connectivity index (χ3n) is 3.76. The smallest absolute Gasteiger partial charge is 0.191 e. The van der Waals surface area contributed by atoms with Gasteiger partial charge in [-0.1, -0.05) is 53.2 Å². The Morgan fingerprint density at radius 2 is 1.80 bits per heavy atom. The molecule has 0 radical (unpaired) electrons. The summed E-state index contributed by atoms with van der Waals surface area (Å²) in [5.74, 6) is 2.67. The van der Waals surface area contributed by atoms with Gasteiger partial charge in [-0.25, -0.2) is 0 Å². The summed E-state index contributed by atoms with van der Waals surface area (Å²) in [6, 6.07) is 16.5. The SMILES string of the molecule is CCn1c(CSc2ccc(C)cc2)nnc1SCc1cccc(Cl)c1. The summed E-state index contributed by atoms with van der Waals surface area (Å²) in [5.41, 5.74) is 2.47. The van der Waals surface area contributed by atoms with Gasteiger partial charge >= 0.3 is 0 Å². The van der Waals surface area contributed by atoms with Crippen LogP contribution >= 0.6 is 35.1 Å². The summed E-state index contributed by atoms with van der Waals surface area (Å²) in [5, 5.41) is 10.5. The number of aryl methyl sites for hydroxylation is 1. The number of benzene rings is 2. The molecule has 130 valence electrons. The molecule has 2 aromatic carbocycles. The highest BCUT2D eigenvalue weighted by Gasteiger charge is 2.12. The zero-order valence-electron chi connectivity index (χ0n) is 14.3. The van der Waals surface area contributed by atoms with E-state index in [1.165, 1.54) is 16.0 Å². The van der Waals surface area contributed by atoms with Gasteiger partial charge in [0, 0.05) is 22.2 Å². The standard InChI is InChI=1S/C19H20ClN3S2/c1-3-23-18(13-24-17-9-7-14(2)8-10-17)21-22-19(23)25-12-15-5-4-6-16(20)11-15/h4-11H,3,12-13H2,1-2H3. The molecule has 3 aromatic rings. The van der Waals surface area contributed by atoms with Crippen LogP contribution in [0.25, 0.3) is 0 Å². The molecular weight excluding hydrogens is 370 g/mol.